The van der Waals surface area contributed by atoms with E-state index in [2.05, 4.69) is 15.1 Å². The fourth-order valence-electron chi connectivity index (χ4n) is 1.75. The molecule has 3 aromatic rings. The maximum absolute atomic E-state index is 5.84. The number of nitrogens with two attached hydrogens (primary N) is 1. The number of aromatic nitrogens is 4. The second-order valence-corrected chi connectivity index (χ2v) is 3.77. The third kappa shape index (κ3) is 1.25. The van der Waals surface area contributed by atoms with Crippen LogP contribution in [0.25, 0.3) is 22.2 Å². The summed E-state index contributed by atoms with van der Waals surface area (Å²) in [7, 11) is 1.89. The maximum Gasteiger partial charge on any atom is 0.139 e. The molecule has 5 heteroatoms. The first-order valence-corrected chi connectivity index (χ1v) is 4.95. The van der Waals surface area contributed by atoms with Gasteiger partial charge in [-0.25, -0.2) is 4.98 Å². The molecule has 0 aromatic carbocycles. The van der Waals surface area contributed by atoms with Crippen molar-refractivity contribution < 1.29 is 0 Å². The Morgan fingerprint density at radius 2 is 2.19 bits per heavy atom. The molecule has 3 aromatic heterocycles. The number of nitrogen functional groups attached to an aromatic ring is 1. The highest BCUT2D eigenvalue weighted by Crippen LogP contribution is 2.25. The summed E-state index contributed by atoms with van der Waals surface area (Å²) in [6.45, 7) is 0. The first-order valence-electron chi connectivity index (χ1n) is 4.95. The average molecular weight is 213 g/mol. The number of nitrogens with one attached hydrogen (secondary N) is 1. The summed E-state index contributed by atoms with van der Waals surface area (Å²) in [5, 5.41) is 5.08. The summed E-state index contributed by atoms with van der Waals surface area (Å²) < 4.78 is 1.76. The zero-order chi connectivity index (χ0) is 11.1. The molecular formula is C11H11N5. The highest BCUT2D eigenvalue weighted by atomic mass is 15.2. The van der Waals surface area contributed by atoms with Crippen molar-refractivity contribution in [1.82, 2.24) is 19.7 Å². The van der Waals surface area contributed by atoms with Gasteiger partial charge in [-0.3, -0.25) is 4.68 Å². The molecule has 3 heterocycles. The van der Waals surface area contributed by atoms with Crippen LogP contribution < -0.4 is 5.73 Å². The predicted octanol–water partition coefficient (Wildman–Crippen LogP) is 1.55. The van der Waals surface area contributed by atoms with Crippen LogP contribution in [0.15, 0.2) is 30.9 Å². The zero-order valence-electron chi connectivity index (χ0n) is 8.81. The Morgan fingerprint density at radius 1 is 1.31 bits per heavy atom. The molecule has 0 saturated carbocycles. The monoisotopic (exact) mass is 213 g/mol. The van der Waals surface area contributed by atoms with Gasteiger partial charge in [0, 0.05) is 42.2 Å². The fraction of sp³-hybridized carbons (Fsp3) is 0.0909. The lowest BCUT2D eigenvalue weighted by molar-refractivity contribution is 0.768. The number of aryl methyl sites for hydroxylation is 1. The highest BCUT2D eigenvalue weighted by Gasteiger charge is 2.05. The molecule has 0 aliphatic heterocycles. The third-order valence-electron chi connectivity index (χ3n) is 2.60. The van der Waals surface area contributed by atoms with Gasteiger partial charge in [-0.05, 0) is 6.07 Å². The largest absolute Gasteiger partial charge is 0.397 e. The average Bonchev–Trinajstić information content (AvgIpc) is 2.86. The van der Waals surface area contributed by atoms with E-state index in [0.717, 1.165) is 22.2 Å². The number of pyridine rings is 1. The molecule has 0 aliphatic rings. The number of nitrogens with zero attached hydrogens (tertiary/aromatic N) is 3. The third-order valence-corrected chi connectivity index (χ3v) is 2.60. The molecule has 0 amide bonds. The highest BCUT2D eigenvalue weighted by molar-refractivity contribution is 5.91. The zero-order valence-corrected chi connectivity index (χ0v) is 8.81. The fourth-order valence-corrected chi connectivity index (χ4v) is 1.75. The van der Waals surface area contributed by atoms with Crippen molar-refractivity contribution in [1.29, 1.82) is 0 Å². The quantitative estimate of drug-likeness (QED) is 0.644. The lowest BCUT2D eigenvalue weighted by Gasteiger charge is -1.97. The van der Waals surface area contributed by atoms with Gasteiger partial charge in [-0.1, -0.05) is 0 Å². The van der Waals surface area contributed by atoms with Crippen molar-refractivity contribution in [3.05, 3.63) is 30.9 Å². The van der Waals surface area contributed by atoms with Crippen LogP contribution >= 0.6 is 0 Å². The Hall–Kier alpha value is -2.30. The van der Waals surface area contributed by atoms with Crippen molar-refractivity contribution >= 4 is 16.7 Å². The molecule has 0 spiro atoms. The van der Waals surface area contributed by atoms with E-state index in [4.69, 9.17) is 5.73 Å². The first-order chi connectivity index (χ1) is 7.74. The number of aromatic amines is 1. The Morgan fingerprint density at radius 3 is 2.94 bits per heavy atom. The summed E-state index contributed by atoms with van der Waals surface area (Å²) in [5.41, 5.74) is 9.42. The number of rotatable bonds is 1. The molecule has 5 nitrogen and oxygen atoms in total. The molecule has 0 saturated heterocycles. The van der Waals surface area contributed by atoms with Crippen LogP contribution in [-0.4, -0.2) is 19.7 Å². The molecule has 0 fully saturated rings. The molecule has 16 heavy (non-hydrogen) atoms. The predicted molar refractivity (Wildman–Crippen MR) is 62.7 cm³/mol. The topological polar surface area (TPSA) is 72.5 Å². The Kier molecular flexibility index (Phi) is 1.73. The molecule has 3 N–H and O–H groups in total. The molecule has 0 bridgehead atoms. The van der Waals surface area contributed by atoms with Gasteiger partial charge in [0.15, 0.2) is 0 Å². The van der Waals surface area contributed by atoms with E-state index < -0.39 is 0 Å². The Labute approximate surface area is 91.9 Å². The van der Waals surface area contributed by atoms with E-state index in [0.29, 0.717) is 5.69 Å². The minimum absolute atomic E-state index is 0.716. The summed E-state index contributed by atoms with van der Waals surface area (Å²) in [6.07, 6.45) is 7.33. The SMILES string of the molecule is Cn1cc(-c2cnc3[nH]cc(N)c3c2)cn1. The van der Waals surface area contributed by atoms with Crippen LogP contribution in [0.2, 0.25) is 0 Å². The van der Waals surface area contributed by atoms with Crippen LogP contribution in [0.4, 0.5) is 5.69 Å². The van der Waals surface area contributed by atoms with Crippen LogP contribution in [-0.2, 0) is 7.05 Å². The second-order valence-electron chi connectivity index (χ2n) is 3.77. The number of anilines is 1. The van der Waals surface area contributed by atoms with Crippen LogP contribution in [0.3, 0.4) is 0 Å². The summed E-state index contributed by atoms with van der Waals surface area (Å²) in [5.74, 6) is 0. The van der Waals surface area contributed by atoms with Crippen LogP contribution in [0.1, 0.15) is 0 Å². The molecule has 0 radical (unpaired) electrons. The van der Waals surface area contributed by atoms with Crippen molar-refractivity contribution in [2.45, 2.75) is 0 Å². The second kappa shape index (κ2) is 3.10. The van der Waals surface area contributed by atoms with Crippen molar-refractivity contribution in [3.8, 4) is 11.1 Å². The van der Waals surface area contributed by atoms with Gasteiger partial charge < -0.3 is 10.7 Å². The van der Waals surface area contributed by atoms with E-state index in [1.807, 2.05) is 31.7 Å². The van der Waals surface area contributed by atoms with Crippen LogP contribution in [0.5, 0.6) is 0 Å². The van der Waals surface area contributed by atoms with Crippen LogP contribution in [0, 0.1) is 0 Å². The van der Waals surface area contributed by atoms with Gasteiger partial charge in [0.2, 0.25) is 0 Å². The molecule has 0 atom stereocenters. The maximum atomic E-state index is 5.84. The Balaban J connectivity index is 2.21. The van der Waals surface area contributed by atoms with E-state index in [9.17, 15) is 0 Å². The van der Waals surface area contributed by atoms with Crippen molar-refractivity contribution in [3.63, 3.8) is 0 Å². The van der Waals surface area contributed by atoms with Gasteiger partial charge in [-0.15, -0.1) is 0 Å². The smallest absolute Gasteiger partial charge is 0.139 e. The summed E-state index contributed by atoms with van der Waals surface area (Å²) >= 11 is 0. The van der Waals surface area contributed by atoms with Gasteiger partial charge in [0.25, 0.3) is 0 Å². The van der Waals surface area contributed by atoms with Gasteiger partial charge in [0.05, 0.1) is 11.9 Å². The summed E-state index contributed by atoms with van der Waals surface area (Å²) in [6, 6.07) is 2.02. The van der Waals surface area contributed by atoms with Gasteiger partial charge in [0.1, 0.15) is 5.65 Å². The number of hydrogen-bond acceptors (Lipinski definition) is 3. The minimum atomic E-state index is 0.716. The van der Waals surface area contributed by atoms with E-state index in [-0.39, 0.29) is 0 Å². The van der Waals surface area contributed by atoms with Gasteiger partial charge >= 0.3 is 0 Å². The first kappa shape index (κ1) is 8.96. The minimum Gasteiger partial charge on any atom is -0.397 e. The standard InChI is InChI=1S/C11H11N5/c1-16-6-8(4-15-16)7-2-9-10(12)5-14-11(9)13-3-7/h2-6H,12H2,1H3,(H,13,14). The molecular weight excluding hydrogens is 202 g/mol. The number of fused-ring (bicyclic) bond motifs is 1. The normalized spacial score (nSPS) is 11.1. The van der Waals surface area contributed by atoms with Gasteiger partial charge in [-0.2, -0.15) is 5.10 Å². The summed E-state index contributed by atoms with van der Waals surface area (Å²) in [4.78, 5) is 7.33. The number of hydrogen-bond donors (Lipinski definition) is 2. The lowest BCUT2D eigenvalue weighted by Crippen LogP contribution is -1.85. The molecule has 3 rings (SSSR count). The Bertz CT molecular complexity index is 649. The van der Waals surface area contributed by atoms with Crippen molar-refractivity contribution in [2.24, 2.45) is 7.05 Å². The van der Waals surface area contributed by atoms with E-state index >= 15 is 0 Å². The van der Waals surface area contributed by atoms with E-state index in [1.54, 1.807) is 10.9 Å². The lowest BCUT2D eigenvalue weighted by atomic mass is 10.1. The molecule has 0 aliphatic carbocycles. The van der Waals surface area contributed by atoms with E-state index in [1.165, 1.54) is 0 Å². The number of H-pyrrole nitrogens is 1. The molecule has 80 valence electrons. The van der Waals surface area contributed by atoms with Crippen molar-refractivity contribution in [2.75, 3.05) is 5.73 Å². The molecule has 0 unspecified atom stereocenters.